The van der Waals surface area contributed by atoms with Crippen LogP contribution in [0.1, 0.15) is 27.9 Å². The van der Waals surface area contributed by atoms with E-state index in [1.165, 1.54) is 5.56 Å². The monoisotopic (exact) mass is 430 g/mol. The number of hydrogen-bond donors (Lipinski definition) is 2. The lowest BCUT2D eigenvalue weighted by molar-refractivity contribution is -0.105. The van der Waals surface area contributed by atoms with Gasteiger partial charge in [-0.15, -0.1) is 0 Å². The molecule has 0 radical (unpaired) electrons. The molecule has 2 amide bonds. The first kappa shape index (κ1) is 21.4. The van der Waals surface area contributed by atoms with E-state index < -0.39 is 0 Å². The molecule has 7 heteroatoms. The van der Waals surface area contributed by atoms with Crippen molar-refractivity contribution in [2.45, 2.75) is 19.9 Å². The summed E-state index contributed by atoms with van der Waals surface area (Å²) >= 11 is 0. The number of rotatable bonds is 3. The van der Waals surface area contributed by atoms with Gasteiger partial charge in [0, 0.05) is 25.7 Å². The summed E-state index contributed by atoms with van der Waals surface area (Å²) in [6.45, 7) is 4.39. The number of nitrogens with one attached hydrogen (secondary N) is 2. The summed E-state index contributed by atoms with van der Waals surface area (Å²) in [6, 6.07) is 17.9. The predicted octanol–water partition coefficient (Wildman–Crippen LogP) is 3.77. The van der Waals surface area contributed by atoms with E-state index in [2.05, 4.69) is 53.8 Å². The number of aryl methyl sites for hydroxylation is 1. The van der Waals surface area contributed by atoms with Gasteiger partial charge in [0.1, 0.15) is 0 Å². The molecule has 0 atom stereocenters. The van der Waals surface area contributed by atoms with Crippen molar-refractivity contribution >= 4 is 23.8 Å². The first-order chi connectivity index (χ1) is 15.6. The van der Waals surface area contributed by atoms with Crippen molar-refractivity contribution < 1.29 is 14.3 Å². The van der Waals surface area contributed by atoms with Gasteiger partial charge in [-0.1, -0.05) is 35.9 Å². The predicted molar refractivity (Wildman–Crippen MR) is 125 cm³/mol. The highest BCUT2D eigenvalue weighted by Gasteiger charge is 2.21. The minimum absolute atomic E-state index is 0.125. The molecule has 0 bridgehead atoms. The zero-order valence-electron chi connectivity index (χ0n) is 18.2. The van der Waals surface area contributed by atoms with Crippen LogP contribution >= 0.6 is 0 Å². The molecular formula is C25H26N4O3. The van der Waals surface area contributed by atoms with E-state index in [0.29, 0.717) is 24.2 Å². The van der Waals surface area contributed by atoms with Crippen molar-refractivity contribution in [2.24, 2.45) is 0 Å². The van der Waals surface area contributed by atoms with Crippen LogP contribution in [0.25, 0.3) is 11.3 Å². The number of nitrogens with zero attached hydrogens (tertiary/aromatic N) is 2. The molecule has 0 unspecified atom stereocenters. The molecule has 3 heterocycles. The minimum atomic E-state index is -0.125. The maximum atomic E-state index is 11.3. The van der Waals surface area contributed by atoms with Gasteiger partial charge < -0.3 is 20.3 Å². The van der Waals surface area contributed by atoms with Crippen LogP contribution in [0.15, 0.2) is 54.6 Å². The maximum absolute atomic E-state index is 11.3. The lowest BCUT2D eigenvalue weighted by Crippen LogP contribution is -2.18. The van der Waals surface area contributed by atoms with Crippen LogP contribution in [0.5, 0.6) is 5.75 Å². The Kier molecular flexibility index (Phi) is 6.35. The topological polar surface area (TPSA) is 83.6 Å². The lowest BCUT2D eigenvalue weighted by atomic mass is 10.1. The minimum Gasteiger partial charge on any atom is -0.490 e. The first-order valence-corrected chi connectivity index (χ1v) is 10.6. The zero-order chi connectivity index (χ0) is 22.5. The van der Waals surface area contributed by atoms with Gasteiger partial charge in [0.05, 0.1) is 23.6 Å². The number of ether oxygens (including phenoxy) is 1. The molecule has 1 aromatic heterocycles. The van der Waals surface area contributed by atoms with Crippen LogP contribution in [-0.4, -0.2) is 37.5 Å². The first-order valence-electron chi connectivity index (χ1n) is 10.6. The van der Waals surface area contributed by atoms with Crippen molar-refractivity contribution in [3.05, 3.63) is 71.3 Å². The van der Waals surface area contributed by atoms with E-state index in [0.717, 1.165) is 48.0 Å². The molecule has 2 aliphatic rings. The van der Waals surface area contributed by atoms with Crippen molar-refractivity contribution in [1.29, 1.82) is 0 Å². The van der Waals surface area contributed by atoms with Gasteiger partial charge in [-0.3, -0.25) is 9.59 Å². The number of pyridine rings is 1. The molecule has 0 saturated carbocycles. The SMILES string of the molecule is Cc1cccc(-c2ccc3c(n2)N(C)CCCO3)c1.O=CNc1cccc2c1C(=O)NC2. The van der Waals surface area contributed by atoms with Crippen LogP contribution in [0.3, 0.4) is 0 Å². The molecule has 164 valence electrons. The van der Waals surface area contributed by atoms with E-state index in [-0.39, 0.29) is 5.91 Å². The number of carbonyl (C=O) groups is 2. The largest absolute Gasteiger partial charge is 0.490 e. The molecule has 2 aromatic carbocycles. The Balaban J connectivity index is 0.000000165. The summed E-state index contributed by atoms with van der Waals surface area (Å²) in [6.07, 6.45) is 1.61. The third-order valence-electron chi connectivity index (χ3n) is 5.44. The molecule has 3 aromatic rings. The van der Waals surface area contributed by atoms with Crippen molar-refractivity contribution in [1.82, 2.24) is 10.3 Å². The second kappa shape index (κ2) is 9.51. The lowest BCUT2D eigenvalue weighted by Gasteiger charge is -2.17. The summed E-state index contributed by atoms with van der Waals surface area (Å²) < 4.78 is 5.73. The fourth-order valence-corrected chi connectivity index (χ4v) is 3.84. The van der Waals surface area contributed by atoms with E-state index in [1.54, 1.807) is 6.07 Å². The highest BCUT2D eigenvalue weighted by Crippen LogP contribution is 2.31. The van der Waals surface area contributed by atoms with Gasteiger partial charge >= 0.3 is 0 Å². The highest BCUT2D eigenvalue weighted by molar-refractivity contribution is 6.04. The molecule has 7 nitrogen and oxygen atoms in total. The average molecular weight is 431 g/mol. The van der Waals surface area contributed by atoms with Crippen molar-refractivity contribution in [3.63, 3.8) is 0 Å². The summed E-state index contributed by atoms with van der Waals surface area (Å²) in [4.78, 5) is 28.5. The molecule has 5 rings (SSSR count). The van der Waals surface area contributed by atoms with Gasteiger partial charge in [-0.05, 0) is 43.2 Å². The van der Waals surface area contributed by atoms with E-state index in [1.807, 2.05) is 24.3 Å². The molecule has 0 aliphatic carbocycles. The number of hydrogen-bond acceptors (Lipinski definition) is 5. The third kappa shape index (κ3) is 4.56. The Morgan fingerprint density at radius 1 is 1.16 bits per heavy atom. The molecule has 0 fully saturated rings. The van der Waals surface area contributed by atoms with Crippen molar-refractivity contribution in [3.8, 4) is 17.0 Å². The van der Waals surface area contributed by atoms with Gasteiger partial charge in [0.2, 0.25) is 6.41 Å². The Morgan fingerprint density at radius 2 is 2.00 bits per heavy atom. The molecule has 0 spiro atoms. The van der Waals surface area contributed by atoms with Gasteiger partial charge in [0.25, 0.3) is 5.91 Å². The maximum Gasteiger partial charge on any atom is 0.254 e. The van der Waals surface area contributed by atoms with Gasteiger partial charge in [-0.2, -0.15) is 0 Å². The smallest absolute Gasteiger partial charge is 0.254 e. The normalized spacial score (nSPS) is 14.1. The molecule has 2 N–H and O–H groups in total. The van der Waals surface area contributed by atoms with Crippen LogP contribution in [0.2, 0.25) is 0 Å². The number of carbonyl (C=O) groups excluding carboxylic acids is 2. The second-order valence-electron chi connectivity index (χ2n) is 7.80. The summed E-state index contributed by atoms with van der Waals surface area (Å²) in [7, 11) is 2.07. The molecular weight excluding hydrogens is 404 g/mol. The van der Waals surface area contributed by atoms with Gasteiger partial charge in [-0.25, -0.2) is 4.98 Å². The summed E-state index contributed by atoms with van der Waals surface area (Å²) in [5, 5.41) is 5.19. The Labute approximate surface area is 187 Å². The van der Waals surface area contributed by atoms with Crippen LogP contribution in [0, 0.1) is 6.92 Å². The highest BCUT2D eigenvalue weighted by atomic mass is 16.5. The number of aromatic nitrogens is 1. The Morgan fingerprint density at radius 3 is 2.81 bits per heavy atom. The summed E-state index contributed by atoms with van der Waals surface area (Å²) in [5.74, 6) is 1.70. The van der Waals surface area contributed by atoms with Crippen LogP contribution < -0.4 is 20.3 Å². The van der Waals surface area contributed by atoms with Crippen LogP contribution in [0.4, 0.5) is 11.5 Å². The quantitative estimate of drug-likeness (QED) is 0.618. The van der Waals surface area contributed by atoms with Gasteiger partial charge in [0.15, 0.2) is 11.6 Å². The number of anilines is 2. The van der Waals surface area contributed by atoms with E-state index >= 15 is 0 Å². The Hall–Kier alpha value is -3.87. The third-order valence-corrected chi connectivity index (χ3v) is 5.44. The number of fused-ring (bicyclic) bond motifs is 2. The number of amides is 2. The van der Waals surface area contributed by atoms with Crippen molar-refractivity contribution in [2.75, 3.05) is 30.4 Å². The Bertz CT molecular complexity index is 1150. The summed E-state index contributed by atoms with van der Waals surface area (Å²) in [5.41, 5.74) is 5.48. The second-order valence-corrected chi connectivity index (χ2v) is 7.80. The molecule has 2 aliphatic heterocycles. The standard InChI is InChI=1S/C16H18N2O.C9H8N2O2/c1-12-5-3-6-13(11-12)14-7-8-15-16(17-14)18(2)9-4-10-19-15;12-5-11-7-3-1-2-6-4-10-9(13)8(6)7/h3,5-8,11H,4,9-10H2,1-2H3;1-3,5H,4H2,(H,10,13)(H,11,12). The van der Waals surface area contributed by atoms with E-state index in [9.17, 15) is 9.59 Å². The molecule has 32 heavy (non-hydrogen) atoms. The van der Waals surface area contributed by atoms with Crippen LogP contribution in [-0.2, 0) is 11.3 Å². The molecule has 0 saturated heterocycles. The average Bonchev–Trinajstić information content (AvgIpc) is 3.08. The van der Waals surface area contributed by atoms with E-state index in [4.69, 9.17) is 9.72 Å². The zero-order valence-corrected chi connectivity index (χ0v) is 18.2. The number of benzene rings is 2. The fourth-order valence-electron chi connectivity index (χ4n) is 3.84. The fraction of sp³-hybridized carbons (Fsp3) is 0.240.